The van der Waals surface area contributed by atoms with E-state index in [4.69, 9.17) is 5.11 Å². The lowest BCUT2D eigenvalue weighted by atomic mass is 10.2. The molecule has 2 rings (SSSR count). The van der Waals surface area contributed by atoms with Gasteiger partial charge < -0.3 is 5.11 Å². The Morgan fingerprint density at radius 2 is 2.05 bits per heavy atom. The van der Waals surface area contributed by atoms with Crippen LogP contribution in [0.2, 0.25) is 0 Å². The number of hydrogen-bond donors (Lipinski definition) is 2. The highest BCUT2D eigenvalue weighted by molar-refractivity contribution is 9.10. The molecule has 10 heteroatoms. The summed E-state index contributed by atoms with van der Waals surface area (Å²) in [6.07, 6.45) is 1.24. The second kappa shape index (κ2) is 5.52. The number of sulfone groups is 1. The van der Waals surface area contributed by atoms with Crippen LogP contribution in [-0.4, -0.2) is 39.7 Å². The molecular weight excluding hydrogens is 386 g/mol. The van der Waals surface area contributed by atoms with Crippen LogP contribution in [0.15, 0.2) is 39.1 Å². The summed E-state index contributed by atoms with van der Waals surface area (Å²) in [7, 11) is -7.45. The number of rotatable bonds is 4. The number of hydrogen-bond acceptors (Lipinski definition) is 5. The molecule has 2 N–H and O–H groups in total. The lowest BCUT2D eigenvalue weighted by Gasteiger charge is -2.12. The molecule has 21 heavy (non-hydrogen) atoms. The van der Waals surface area contributed by atoms with E-state index in [1.54, 1.807) is 0 Å². The Kier molecular flexibility index (Phi) is 4.24. The fourth-order valence-electron chi connectivity index (χ4n) is 1.75. The molecule has 0 amide bonds. The number of halogens is 1. The molecule has 0 saturated heterocycles. The highest BCUT2D eigenvalue weighted by Crippen LogP contribution is 2.24. The molecule has 7 nitrogen and oxygen atoms in total. The topological polar surface area (TPSA) is 118 Å². The van der Waals surface area contributed by atoms with Crippen LogP contribution in [-0.2, 0) is 19.9 Å². The molecule has 1 atom stereocenters. The fraction of sp³-hybridized carbons (Fsp3) is 0.182. The first-order chi connectivity index (χ1) is 9.61. The second-order valence-electron chi connectivity index (χ2n) is 4.34. The van der Waals surface area contributed by atoms with Crippen molar-refractivity contribution in [1.82, 2.24) is 4.72 Å². The highest BCUT2D eigenvalue weighted by Gasteiger charge is 2.28. The molecule has 1 aliphatic rings. The molecule has 1 unspecified atom stereocenters. The standard InChI is InChI=1S/C11H10BrNO6S2/c12-9-2-1-7(11(14)15)5-10(9)21(18,19)13-8-3-4-20(16,17)6-8/h1-5,8,13H,6H2,(H,14,15). The van der Waals surface area contributed by atoms with Gasteiger partial charge in [0.15, 0.2) is 9.84 Å². The lowest BCUT2D eigenvalue weighted by Crippen LogP contribution is -2.35. The number of benzene rings is 1. The van der Waals surface area contributed by atoms with Gasteiger partial charge in [0.25, 0.3) is 0 Å². The van der Waals surface area contributed by atoms with Gasteiger partial charge in [-0.05, 0) is 34.1 Å². The molecule has 0 aliphatic carbocycles. The number of carboxylic acids is 1. The Morgan fingerprint density at radius 1 is 1.38 bits per heavy atom. The summed E-state index contributed by atoms with van der Waals surface area (Å²) in [5, 5.41) is 9.85. The minimum absolute atomic E-state index is 0.185. The molecule has 0 radical (unpaired) electrons. The smallest absolute Gasteiger partial charge is 0.335 e. The molecule has 1 aromatic carbocycles. The zero-order chi connectivity index (χ0) is 15.8. The third-order valence-corrected chi connectivity index (χ3v) is 6.58. The fourth-order valence-corrected chi connectivity index (χ4v) is 5.28. The SMILES string of the molecule is O=C(O)c1ccc(Br)c(S(=O)(=O)NC2C=CS(=O)(=O)C2)c1. The summed E-state index contributed by atoms with van der Waals surface area (Å²) in [5.74, 6) is -1.62. The maximum Gasteiger partial charge on any atom is 0.335 e. The molecule has 1 heterocycles. The predicted octanol–water partition coefficient (Wildman–Crippen LogP) is 0.736. The van der Waals surface area contributed by atoms with Crippen LogP contribution < -0.4 is 4.72 Å². The van der Waals surface area contributed by atoms with Gasteiger partial charge >= 0.3 is 5.97 Å². The van der Waals surface area contributed by atoms with Gasteiger partial charge in [-0.2, -0.15) is 0 Å². The molecule has 114 valence electrons. The van der Waals surface area contributed by atoms with Gasteiger partial charge in [0, 0.05) is 9.88 Å². The van der Waals surface area contributed by atoms with E-state index < -0.39 is 31.9 Å². The Balaban J connectivity index is 2.34. The molecule has 0 aromatic heterocycles. The van der Waals surface area contributed by atoms with E-state index in [1.807, 2.05) is 0 Å². The van der Waals surface area contributed by atoms with Gasteiger partial charge in [0.2, 0.25) is 10.0 Å². The molecule has 1 aromatic rings. The molecule has 1 aliphatic heterocycles. The van der Waals surface area contributed by atoms with Crippen molar-refractivity contribution in [2.75, 3.05) is 5.75 Å². The van der Waals surface area contributed by atoms with E-state index in [2.05, 4.69) is 20.7 Å². The molecule has 0 spiro atoms. The summed E-state index contributed by atoms with van der Waals surface area (Å²) in [4.78, 5) is 10.6. The van der Waals surface area contributed by atoms with Crippen molar-refractivity contribution in [3.8, 4) is 0 Å². The number of carboxylic acid groups (broad SMARTS) is 1. The Bertz CT molecular complexity index is 828. The number of nitrogens with one attached hydrogen (secondary N) is 1. The summed E-state index contributed by atoms with van der Waals surface area (Å²) in [6, 6.07) is 2.69. The third kappa shape index (κ3) is 3.70. The zero-order valence-electron chi connectivity index (χ0n) is 10.4. The van der Waals surface area contributed by atoms with Crippen molar-refractivity contribution in [2.24, 2.45) is 0 Å². The van der Waals surface area contributed by atoms with E-state index >= 15 is 0 Å². The Labute approximate surface area is 129 Å². The maximum absolute atomic E-state index is 12.2. The maximum atomic E-state index is 12.2. The van der Waals surface area contributed by atoms with E-state index in [0.29, 0.717) is 0 Å². The molecule has 0 fully saturated rings. The van der Waals surface area contributed by atoms with Gasteiger partial charge in [-0.15, -0.1) is 0 Å². The van der Waals surface area contributed by atoms with Crippen molar-refractivity contribution < 1.29 is 26.7 Å². The second-order valence-corrected chi connectivity index (χ2v) is 8.80. The average molecular weight is 396 g/mol. The highest BCUT2D eigenvalue weighted by atomic mass is 79.9. The predicted molar refractivity (Wildman–Crippen MR) is 78.1 cm³/mol. The van der Waals surface area contributed by atoms with Crippen LogP contribution in [0.5, 0.6) is 0 Å². The summed E-state index contributed by atoms with van der Waals surface area (Å²) in [6.45, 7) is 0. The van der Waals surface area contributed by atoms with Crippen LogP contribution >= 0.6 is 15.9 Å². The van der Waals surface area contributed by atoms with Crippen molar-refractivity contribution in [1.29, 1.82) is 0 Å². The molecule has 0 bridgehead atoms. The van der Waals surface area contributed by atoms with Gasteiger partial charge in [0.05, 0.1) is 22.3 Å². The minimum Gasteiger partial charge on any atom is -0.478 e. The van der Waals surface area contributed by atoms with Crippen LogP contribution in [0.25, 0.3) is 0 Å². The first-order valence-corrected chi connectivity index (χ1v) is 9.56. The monoisotopic (exact) mass is 395 g/mol. The van der Waals surface area contributed by atoms with E-state index in [-0.39, 0.29) is 20.7 Å². The minimum atomic E-state index is -4.06. The van der Waals surface area contributed by atoms with E-state index in [1.165, 1.54) is 18.2 Å². The Morgan fingerprint density at radius 3 is 2.57 bits per heavy atom. The molecule has 0 saturated carbocycles. The van der Waals surface area contributed by atoms with Crippen LogP contribution in [0.4, 0.5) is 0 Å². The third-order valence-electron chi connectivity index (χ3n) is 2.70. The largest absolute Gasteiger partial charge is 0.478 e. The lowest BCUT2D eigenvalue weighted by molar-refractivity contribution is 0.0696. The molecular formula is C11H10BrNO6S2. The van der Waals surface area contributed by atoms with Gasteiger partial charge in [-0.3, -0.25) is 0 Å². The first-order valence-electron chi connectivity index (χ1n) is 5.57. The van der Waals surface area contributed by atoms with Crippen molar-refractivity contribution in [3.05, 3.63) is 39.7 Å². The quantitative estimate of drug-likeness (QED) is 0.775. The van der Waals surface area contributed by atoms with Crippen LogP contribution in [0.1, 0.15) is 10.4 Å². The summed E-state index contributed by atoms with van der Waals surface area (Å²) < 4.78 is 49.4. The normalized spacial score (nSPS) is 20.5. The van der Waals surface area contributed by atoms with Gasteiger partial charge in [-0.25, -0.2) is 26.4 Å². The summed E-state index contributed by atoms with van der Waals surface area (Å²) >= 11 is 3.04. The van der Waals surface area contributed by atoms with E-state index in [9.17, 15) is 21.6 Å². The first kappa shape index (κ1) is 16.1. The van der Waals surface area contributed by atoms with Crippen molar-refractivity contribution >= 4 is 41.8 Å². The zero-order valence-corrected chi connectivity index (χ0v) is 13.6. The average Bonchev–Trinajstić information content (AvgIpc) is 2.67. The number of sulfonamides is 1. The van der Waals surface area contributed by atoms with Crippen molar-refractivity contribution in [3.63, 3.8) is 0 Å². The Hall–Kier alpha value is -1.23. The number of carbonyl (C=O) groups is 1. The van der Waals surface area contributed by atoms with Gasteiger partial charge in [-0.1, -0.05) is 6.08 Å². The number of aromatic carboxylic acids is 1. The van der Waals surface area contributed by atoms with Crippen LogP contribution in [0, 0.1) is 0 Å². The van der Waals surface area contributed by atoms with E-state index in [0.717, 1.165) is 11.5 Å². The van der Waals surface area contributed by atoms with Crippen molar-refractivity contribution in [2.45, 2.75) is 10.9 Å². The van der Waals surface area contributed by atoms with Crippen LogP contribution in [0.3, 0.4) is 0 Å². The summed E-state index contributed by atoms with van der Waals surface area (Å²) in [5.41, 5.74) is -0.187. The van der Waals surface area contributed by atoms with Gasteiger partial charge in [0.1, 0.15) is 0 Å².